The first-order valence-electron chi connectivity index (χ1n) is 6.42. The van der Waals surface area contributed by atoms with Gasteiger partial charge >= 0.3 is 0 Å². The van der Waals surface area contributed by atoms with Crippen LogP contribution in [0.4, 0.5) is 0 Å². The van der Waals surface area contributed by atoms with Crippen molar-refractivity contribution >= 4 is 0 Å². The normalized spacial score (nSPS) is 19.9. The summed E-state index contributed by atoms with van der Waals surface area (Å²) >= 11 is 0. The molecule has 1 aliphatic rings. The maximum absolute atomic E-state index is 5.61. The Morgan fingerprint density at radius 3 is 2.88 bits per heavy atom. The topological polar surface area (TPSA) is 56.7 Å². The molecular formula is C12H22N4. The molecule has 1 saturated carbocycles. The molecule has 90 valence electrons. The Balaban J connectivity index is 2.11. The molecule has 4 nitrogen and oxygen atoms in total. The lowest BCUT2D eigenvalue weighted by Gasteiger charge is -2.25. The SMILES string of the molecule is CC(CCN)c1nncn1C1CCCCC1. The van der Waals surface area contributed by atoms with Crippen LogP contribution in [0.15, 0.2) is 6.33 Å². The van der Waals surface area contributed by atoms with Crippen LogP contribution in [0.3, 0.4) is 0 Å². The van der Waals surface area contributed by atoms with Crippen molar-refractivity contribution in [1.29, 1.82) is 0 Å². The predicted molar refractivity (Wildman–Crippen MR) is 64.2 cm³/mol. The zero-order valence-corrected chi connectivity index (χ0v) is 10.1. The monoisotopic (exact) mass is 222 g/mol. The Kier molecular flexibility index (Phi) is 3.93. The summed E-state index contributed by atoms with van der Waals surface area (Å²) in [7, 11) is 0. The first-order valence-corrected chi connectivity index (χ1v) is 6.42. The van der Waals surface area contributed by atoms with Crippen LogP contribution < -0.4 is 5.73 Å². The van der Waals surface area contributed by atoms with Gasteiger partial charge in [0, 0.05) is 12.0 Å². The van der Waals surface area contributed by atoms with E-state index in [-0.39, 0.29) is 0 Å². The van der Waals surface area contributed by atoms with Crippen molar-refractivity contribution in [2.75, 3.05) is 6.54 Å². The van der Waals surface area contributed by atoms with E-state index < -0.39 is 0 Å². The number of hydrogen-bond donors (Lipinski definition) is 1. The lowest BCUT2D eigenvalue weighted by Crippen LogP contribution is -2.17. The minimum Gasteiger partial charge on any atom is -0.330 e. The average molecular weight is 222 g/mol. The quantitative estimate of drug-likeness (QED) is 0.850. The number of hydrogen-bond acceptors (Lipinski definition) is 3. The van der Waals surface area contributed by atoms with Crippen LogP contribution in [0, 0.1) is 0 Å². The molecule has 1 heterocycles. The standard InChI is InChI=1S/C12H22N4/c1-10(7-8-13)12-15-14-9-16(12)11-5-3-2-4-6-11/h9-11H,2-8,13H2,1H3. The number of rotatable bonds is 4. The molecule has 2 N–H and O–H groups in total. The molecule has 0 amide bonds. The third-order valence-electron chi connectivity index (χ3n) is 3.61. The van der Waals surface area contributed by atoms with Crippen LogP contribution in [0.1, 0.15) is 63.2 Å². The number of nitrogens with zero attached hydrogens (tertiary/aromatic N) is 3. The summed E-state index contributed by atoms with van der Waals surface area (Å²) < 4.78 is 2.29. The summed E-state index contributed by atoms with van der Waals surface area (Å²) in [5.74, 6) is 1.55. The Morgan fingerprint density at radius 2 is 2.19 bits per heavy atom. The zero-order chi connectivity index (χ0) is 11.4. The van der Waals surface area contributed by atoms with Crippen LogP contribution in [0.25, 0.3) is 0 Å². The van der Waals surface area contributed by atoms with Gasteiger partial charge < -0.3 is 10.3 Å². The molecule has 0 aromatic carbocycles. The highest BCUT2D eigenvalue weighted by Gasteiger charge is 2.20. The summed E-state index contributed by atoms with van der Waals surface area (Å²) in [4.78, 5) is 0. The van der Waals surface area contributed by atoms with Gasteiger partial charge in [0.15, 0.2) is 0 Å². The van der Waals surface area contributed by atoms with Crippen molar-refractivity contribution in [3.63, 3.8) is 0 Å². The van der Waals surface area contributed by atoms with Crippen molar-refractivity contribution in [3.05, 3.63) is 12.2 Å². The van der Waals surface area contributed by atoms with Crippen molar-refractivity contribution in [2.24, 2.45) is 5.73 Å². The summed E-state index contributed by atoms with van der Waals surface area (Å²) in [6.45, 7) is 2.91. The molecule has 1 aromatic rings. The second-order valence-electron chi connectivity index (χ2n) is 4.87. The van der Waals surface area contributed by atoms with Crippen LogP contribution in [-0.2, 0) is 0 Å². The fourth-order valence-electron chi connectivity index (χ4n) is 2.62. The van der Waals surface area contributed by atoms with E-state index in [0.717, 1.165) is 18.8 Å². The fraction of sp³-hybridized carbons (Fsp3) is 0.833. The molecular weight excluding hydrogens is 200 g/mol. The highest BCUT2D eigenvalue weighted by Crippen LogP contribution is 2.30. The van der Waals surface area contributed by atoms with E-state index in [1.807, 2.05) is 6.33 Å². The van der Waals surface area contributed by atoms with Gasteiger partial charge in [0.1, 0.15) is 12.2 Å². The summed E-state index contributed by atoms with van der Waals surface area (Å²) in [5, 5.41) is 8.34. The van der Waals surface area contributed by atoms with Crippen LogP contribution in [-0.4, -0.2) is 21.3 Å². The maximum atomic E-state index is 5.61. The molecule has 1 aliphatic carbocycles. The van der Waals surface area contributed by atoms with Crippen LogP contribution in [0.2, 0.25) is 0 Å². The van der Waals surface area contributed by atoms with E-state index in [2.05, 4.69) is 21.7 Å². The smallest absolute Gasteiger partial charge is 0.135 e. The van der Waals surface area contributed by atoms with Crippen LogP contribution in [0.5, 0.6) is 0 Å². The van der Waals surface area contributed by atoms with Crippen molar-refractivity contribution in [1.82, 2.24) is 14.8 Å². The lowest BCUT2D eigenvalue weighted by atomic mass is 9.94. The third-order valence-corrected chi connectivity index (χ3v) is 3.61. The molecule has 4 heteroatoms. The molecule has 0 radical (unpaired) electrons. The highest BCUT2D eigenvalue weighted by molar-refractivity contribution is 4.97. The van der Waals surface area contributed by atoms with E-state index in [1.54, 1.807) is 0 Å². The van der Waals surface area contributed by atoms with Gasteiger partial charge in [-0.05, 0) is 25.8 Å². The van der Waals surface area contributed by atoms with Gasteiger partial charge in [-0.15, -0.1) is 10.2 Å². The van der Waals surface area contributed by atoms with E-state index in [1.165, 1.54) is 32.1 Å². The Morgan fingerprint density at radius 1 is 1.44 bits per heavy atom. The highest BCUT2D eigenvalue weighted by atomic mass is 15.3. The third kappa shape index (κ3) is 2.43. The van der Waals surface area contributed by atoms with Crippen molar-refractivity contribution < 1.29 is 0 Å². The average Bonchev–Trinajstić information content (AvgIpc) is 2.79. The van der Waals surface area contributed by atoms with E-state index >= 15 is 0 Å². The molecule has 16 heavy (non-hydrogen) atoms. The molecule has 0 saturated heterocycles. The van der Waals surface area contributed by atoms with Gasteiger partial charge in [-0.3, -0.25) is 0 Å². The van der Waals surface area contributed by atoms with E-state index in [4.69, 9.17) is 5.73 Å². The summed E-state index contributed by atoms with van der Waals surface area (Å²) in [5.41, 5.74) is 5.61. The first-order chi connectivity index (χ1) is 7.83. The van der Waals surface area contributed by atoms with Crippen molar-refractivity contribution in [2.45, 2.75) is 57.4 Å². The zero-order valence-electron chi connectivity index (χ0n) is 10.1. The molecule has 0 bridgehead atoms. The second-order valence-corrected chi connectivity index (χ2v) is 4.87. The first kappa shape index (κ1) is 11.6. The molecule has 2 rings (SSSR count). The predicted octanol–water partition coefficient (Wildman–Crippen LogP) is 2.24. The number of nitrogens with two attached hydrogens (primary N) is 1. The van der Waals surface area contributed by atoms with E-state index in [9.17, 15) is 0 Å². The Labute approximate surface area is 97.2 Å². The summed E-state index contributed by atoms with van der Waals surface area (Å²) in [6.07, 6.45) is 9.51. The van der Waals surface area contributed by atoms with Crippen LogP contribution >= 0.6 is 0 Å². The largest absolute Gasteiger partial charge is 0.330 e. The van der Waals surface area contributed by atoms with Gasteiger partial charge in [0.25, 0.3) is 0 Å². The Bertz CT molecular complexity index is 315. The van der Waals surface area contributed by atoms with Gasteiger partial charge in [0.05, 0.1) is 0 Å². The molecule has 1 fully saturated rings. The fourth-order valence-corrected chi connectivity index (χ4v) is 2.62. The number of aromatic nitrogens is 3. The molecule has 1 atom stereocenters. The van der Waals surface area contributed by atoms with Crippen molar-refractivity contribution in [3.8, 4) is 0 Å². The molecule has 0 spiro atoms. The maximum Gasteiger partial charge on any atom is 0.135 e. The van der Waals surface area contributed by atoms with Gasteiger partial charge in [-0.1, -0.05) is 26.2 Å². The lowest BCUT2D eigenvalue weighted by molar-refractivity contribution is 0.340. The summed E-state index contributed by atoms with van der Waals surface area (Å²) in [6, 6.07) is 0.624. The minimum atomic E-state index is 0.425. The minimum absolute atomic E-state index is 0.425. The van der Waals surface area contributed by atoms with Gasteiger partial charge in [-0.25, -0.2) is 0 Å². The van der Waals surface area contributed by atoms with Gasteiger partial charge in [0.2, 0.25) is 0 Å². The van der Waals surface area contributed by atoms with E-state index in [0.29, 0.717) is 12.0 Å². The molecule has 1 unspecified atom stereocenters. The Hall–Kier alpha value is -0.900. The second kappa shape index (κ2) is 5.43. The van der Waals surface area contributed by atoms with Gasteiger partial charge in [-0.2, -0.15) is 0 Å². The molecule has 1 aromatic heterocycles. The molecule has 0 aliphatic heterocycles.